The summed E-state index contributed by atoms with van der Waals surface area (Å²) >= 11 is 5.85. The summed E-state index contributed by atoms with van der Waals surface area (Å²) in [6, 6.07) is 23.7. The maximum Gasteiger partial charge on any atom is 0.109 e. The molecule has 0 atom stereocenters. The molecule has 1 aliphatic heterocycles. The lowest BCUT2D eigenvalue weighted by molar-refractivity contribution is 0.392. The van der Waals surface area contributed by atoms with Crippen molar-refractivity contribution in [2.24, 2.45) is 0 Å². The fourth-order valence-corrected chi connectivity index (χ4v) is 3.87. The van der Waals surface area contributed by atoms with E-state index >= 15 is 0 Å². The maximum atomic E-state index is 5.85. The molecule has 3 aromatic carbocycles. The first-order valence-corrected chi connectivity index (χ1v) is 9.22. The highest BCUT2D eigenvalue weighted by Gasteiger charge is 2.20. The molecular weight excluding hydrogens is 324 g/mol. The van der Waals surface area contributed by atoms with Gasteiger partial charge in [-0.2, -0.15) is 0 Å². The Morgan fingerprint density at radius 2 is 1.48 bits per heavy atom. The average Bonchev–Trinajstić information content (AvgIpc) is 2.68. The lowest BCUT2D eigenvalue weighted by Crippen LogP contribution is -2.48. The van der Waals surface area contributed by atoms with Gasteiger partial charge in [0.25, 0.3) is 0 Å². The summed E-state index contributed by atoms with van der Waals surface area (Å²) in [5, 5.41) is 2.50. The molecule has 0 N–H and O–H groups in total. The Hall–Kier alpha value is -2.39. The molecule has 0 saturated carbocycles. The van der Waals surface area contributed by atoms with E-state index in [4.69, 9.17) is 12.2 Å². The van der Waals surface area contributed by atoms with Crippen molar-refractivity contribution in [3.63, 3.8) is 0 Å². The van der Waals surface area contributed by atoms with Crippen LogP contribution in [0.4, 0.5) is 5.69 Å². The normalized spacial score (nSPS) is 14.8. The van der Waals surface area contributed by atoms with Gasteiger partial charge in [-0.05, 0) is 29.8 Å². The lowest BCUT2D eigenvalue weighted by atomic mass is 10.0. The second kappa shape index (κ2) is 6.85. The third-order valence-electron chi connectivity index (χ3n) is 4.99. The Kier molecular flexibility index (Phi) is 4.41. The first-order valence-electron chi connectivity index (χ1n) is 8.81. The minimum atomic E-state index is 0.968. The zero-order valence-corrected chi connectivity index (χ0v) is 15.3. The summed E-state index contributed by atoms with van der Waals surface area (Å²) in [4.78, 5) is 5.77. The van der Waals surface area contributed by atoms with Gasteiger partial charge in [-0.3, -0.25) is 0 Å². The van der Waals surface area contributed by atoms with E-state index in [1.165, 1.54) is 27.6 Å². The number of nitrogens with zero attached hydrogens (tertiary/aromatic N) is 2. The Morgan fingerprint density at radius 1 is 0.800 bits per heavy atom. The molecule has 0 radical (unpaired) electrons. The molecule has 0 bridgehead atoms. The Morgan fingerprint density at radius 3 is 2.24 bits per heavy atom. The molecule has 3 heteroatoms. The number of rotatable bonds is 2. The molecule has 1 fully saturated rings. The van der Waals surface area contributed by atoms with Gasteiger partial charge < -0.3 is 9.80 Å². The van der Waals surface area contributed by atoms with E-state index in [-0.39, 0.29) is 0 Å². The summed E-state index contributed by atoms with van der Waals surface area (Å²) in [5.74, 6) is 0. The zero-order chi connectivity index (χ0) is 17.2. The van der Waals surface area contributed by atoms with Crippen LogP contribution in [0.2, 0.25) is 0 Å². The molecule has 3 aromatic rings. The average molecular weight is 346 g/mol. The molecule has 0 spiro atoms. The number of thiocarbonyl (C=S) groups is 1. The molecule has 126 valence electrons. The van der Waals surface area contributed by atoms with Crippen molar-refractivity contribution >= 4 is 33.7 Å². The SMILES string of the molecule is Cc1ccc(N2CCN(C(=S)c3cccc4ccccc34)CC2)cc1. The largest absolute Gasteiger partial charge is 0.368 e. The number of hydrogen-bond acceptors (Lipinski definition) is 2. The number of piperazine rings is 1. The smallest absolute Gasteiger partial charge is 0.109 e. The van der Waals surface area contributed by atoms with E-state index < -0.39 is 0 Å². The predicted octanol–water partition coefficient (Wildman–Crippen LogP) is 4.65. The fraction of sp³-hybridized carbons (Fsp3) is 0.227. The Balaban J connectivity index is 1.50. The third-order valence-corrected chi connectivity index (χ3v) is 5.46. The van der Waals surface area contributed by atoms with Gasteiger partial charge >= 0.3 is 0 Å². The second-order valence-electron chi connectivity index (χ2n) is 6.64. The van der Waals surface area contributed by atoms with Gasteiger partial charge in [0.2, 0.25) is 0 Å². The maximum absolute atomic E-state index is 5.85. The van der Waals surface area contributed by atoms with Crippen LogP contribution in [0, 0.1) is 6.92 Å². The number of hydrogen-bond donors (Lipinski definition) is 0. The molecular formula is C22H22N2S. The first kappa shape index (κ1) is 16.1. The molecule has 1 heterocycles. The first-order chi connectivity index (χ1) is 12.2. The number of anilines is 1. The van der Waals surface area contributed by atoms with Crippen molar-refractivity contribution in [1.82, 2.24) is 4.90 Å². The molecule has 2 nitrogen and oxygen atoms in total. The highest BCUT2D eigenvalue weighted by atomic mass is 32.1. The van der Waals surface area contributed by atoms with Crippen LogP contribution in [0.25, 0.3) is 10.8 Å². The Labute approximate surface area is 154 Å². The van der Waals surface area contributed by atoms with Crippen LogP contribution in [0.5, 0.6) is 0 Å². The number of fused-ring (bicyclic) bond motifs is 1. The van der Waals surface area contributed by atoms with Gasteiger partial charge in [-0.25, -0.2) is 0 Å². The molecule has 1 saturated heterocycles. The lowest BCUT2D eigenvalue weighted by Gasteiger charge is -2.37. The van der Waals surface area contributed by atoms with E-state index in [1.54, 1.807) is 0 Å². The Bertz CT molecular complexity index is 888. The summed E-state index contributed by atoms with van der Waals surface area (Å²) in [5.41, 5.74) is 3.79. The van der Waals surface area contributed by atoms with E-state index in [1.807, 2.05) is 0 Å². The molecule has 4 rings (SSSR count). The van der Waals surface area contributed by atoms with Crippen LogP contribution in [-0.2, 0) is 0 Å². The highest BCUT2D eigenvalue weighted by molar-refractivity contribution is 7.80. The van der Waals surface area contributed by atoms with Crippen molar-refractivity contribution in [1.29, 1.82) is 0 Å². The van der Waals surface area contributed by atoms with Crippen LogP contribution in [-0.4, -0.2) is 36.1 Å². The summed E-state index contributed by atoms with van der Waals surface area (Å²) in [6.07, 6.45) is 0. The van der Waals surface area contributed by atoms with Gasteiger partial charge in [-0.15, -0.1) is 0 Å². The highest BCUT2D eigenvalue weighted by Crippen LogP contribution is 2.23. The minimum absolute atomic E-state index is 0.968. The van der Waals surface area contributed by atoms with Gasteiger partial charge in [0.15, 0.2) is 0 Å². The van der Waals surface area contributed by atoms with E-state index in [0.717, 1.165) is 31.2 Å². The van der Waals surface area contributed by atoms with Crippen molar-refractivity contribution in [3.05, 3.63) is 77.9 Å². The van der Waals surface area contributed by atoms with E-state index in [0.29, 0.717) is 0 Å². The topological polar surface area (TPSA) is 6.48 Å². The van der Waals surface area contributed by atoms with Crippen molar-refractivity contribution in [2.75, 3.05) is 31.1 Å². The van der Waals surface area contributed by atoms with Crippen LogP contribution in [0.3, 0.4) is 0 Å². The standard InChI is InChI=1S/C22H22N2S/c1-17-9-11-19(12-10-17)23-13-15-24(16-14-23)22(25)21-8-4-6-18-5-2-3-7-20(18)21/h2-12H,13-16H2,1H3. The second-order valence-corrected chi connectivity index (χ2v) is 7.03. The molecule has 0 amide bonds. The molecule has 1 aliphatic rings. The monoisotopic (exact) mass is 346 g/mol. The summed E-state index contributed by atoms with van der Waals surface area (Å²) in [7, 11) is 0. The van der Waals surface area contributed by atoms with Crippen molar-refractivity contribution < 1.29 is 0 Å². The van der Waals surface area contributed by atoms with Crippen molar-refractivity contribution in [2.45, 2.75) is 6.92 Å². The summed E-state index contributed by atoms with van der Waals surface area (Å²) in [6.45, 7) is 6.08. The number of aryl methyl sites for hydroxylation is 1. The van der Waals surface area contributed by atoms with Gasteiger partial charge in [-0.1, -0.05) is 72.4 Å². The predicted molar refractivity (Wildman–Crippen MR) is 111 cm³/mol. The minimum Gasteiger partial charge on any atom is -0.368 e. The van der Waals surface area contributed by atoms with E-state index in [9.17, 15) is 0 Å². The van der Waals surface area contributed by atoms with Crippen LogP contribution < -0.4 is 4.90 Å². The fourth-order valence-electron chi connectivity index (χ4n) is 3.51. The molecule has 0 aliphatic carbocycles. The van der Waals surface area contributed by atoms with Crippen LogP contribution in [0.15, 0.2) is 66.7 Å². The quantitative estimate of drug-likeness (QED) is 0.624. The third kappa shape index (κ3) is 3.24. The summed E-state index contributed by atoms with van der Waals surface area (Å²) < 4.78 is 0. The van der Waals surface area contributed by atoms with Gasteiger partial charge in [0.1, 0.15) is 4.99 Å². The van der Waals surface area contributed by atoms with Gasteiger partial charge in [0.05, 0.1) is 0 Å². The molecule has 0 unspecified atom stereocenters. The molecule has 25 heavy (non-hydrogen) atoms. The zero-order valence-electron chi connectivity index (χ0n) is 14.5. The molecule has 0 aromatic heterocycles. The van der Waals surface area contributed by atoms with Crippen LogP contribution >= 0.6 is 12.2 Å². The van der Waals surface area contributed by atoms with Crippen molar-refractivity contribution in [3.8, 4) is 0 Å². The number of benzene rings is 3. The van der Waals surface area contributed by atoms with E-state index in [2.05, 4.69) is 83.5 Å². The van der Waals surface area contributed by atoms with Crippen LogP contribution in [0.1, 0.15) is 11.1 Å². The van der Waals surface area contributed by atoms with Gasteiger partial charge in [0, 0.05) is 37.4 Å².